The molecule has 0 aromatic rings. The van der Waals surface area contributed by atoms with Crippen molar-refractivity contribution in [3.8, 4) is 0 Å². The summed E-state index contributed by atoms with van der Waals surface area (Å²) in [6.07, 6.45) is 4.09. The molecule has 3 saturated heterocycles. The minimum absolute atomic E-state index is 0.562. The molecule has 3 unspecified atom stereocenters. The van der Waals surface area contributed by atoms with Gasteiger partial charge in [0, 0.05) is 6.42 Å². The molecule has 3 fully saturated rings. The molecule has 3 rings (SSSR count). The molecule has 3 heteroatoms. The highest BCUT2D eigenvalue weighted by atomic mass is 16.6. The molecule has 0 saturated carbocycles. The minimum Gasteiger partial charge on any atom is -0.373 e. The van der Waals surface area contributed by atoms with Crippen LogP contribution in [0.1, 0.15) is 19.8 Å². The molecule has 0 aliphatic carbocycles. The maximum absolute atomic E-state index is 4.98. The van der Waals surface area contributed by atoms with Gasteiger partial charge in [-0.2, -0.15) is 0 Å². The van der Waals surface area contributed by atoms with Crippen LogP contribution in [0.4, 0.5) is 0 Å². The Bertz CT molecular complexity index is 127. The smallest absolute Gasteiger partial charge is 0.0835 e. The van der Waals surface area contributed by atoms with Crippen molar-refractivity contribution in [2.24, 2.45) is 0 Å². The quantitative estimate of drug-likeness (QED) is 0.595. The summed E-state index contributed by atoms with van der Waals surface area (Å²) >= 11 is 0. The van der Waals surface area contributed by atoms with Gasteiger partial charge in [0.05, 0.1) is 38.1 Å². The van der Waals surface area contributed by atoms with Crippen LogP contribution in [-0.2, 0) is 14.2 Å². The van der Waals surface area contributed by atoms with Crippen molar-refractivity contribution in [3.63, 3.8) is 0 Å². The van der Waals surface area contributed by atoms with Crippen molar-refractivity contribution < 1.29 is 14.2 Å². The minimum atomic E-state index is 0.562. The van der Waals surface area contributed by atoms with Crippen LogP contribution in [0.15, 0.2) is 0 Å². The van der Waals surface area contributed by atoms with Gasteiger partial charge in [0.1, 0.15) is 0 Å². The first-order chi connectivity index (χ1) is 5.88. The standard InChI is InChI=1S/C5H8O2.C4H8O/c1(4-2-6-4)5-3-7-5;1-2-4-3-5-4/h4-5H,1-3H2;4H,2-3H2,1H3. The highest BCUT2D eigenvalue weighted by Gasteiger charge is 2.32. The first kappa shape index (κ1) is 8.48. The molecule has 3 aliphatic heterocycles. The van der Waals surface area contributed by atoms with E-state index in [-0.39, 0.29) is 0 Å². The first-order valence-electron chi connectivity index (χ1n) is 4.73. The van der Waals surface area contributed by atoms with Crippen LogP contribution in [0.25, 0.3) is 0 Å². The van der Waals surface area contributed by atoms with Gasteiger partial charge in [-0.05, 0) is 6.42 Å². The van der Waals surface area contributed by atoms with Crippen LogP contribution < -0.4 is 0 Å². The fourth-order valence-electron chi connectivity index (χ4n) is 1.01. The molecule has 70 valence electrons. The molecule has 0 spiro atoms. The molecule has 3 aliphatic rings. The first-order valence-corrected chi connectivity index (χ1v) is 4.73. The second-order valence-corrected chi connectivity index (χ2v) is 3.51. The highest BCUT2D eigenvalue weighted by molar-refractivity contribution is 4.79. The summed E-state index contributed by atoms with van der Waals surface area (Å²) in [7, 11) is 0. The van der Waals surface area contributed by atoms with Crippen LogP contribution in [0, 0.1) is 0 Å². The van der Waals surface area contributed by atoms with Crippen molar-refractivity contribution >= 4 is 0 Å². The van der Waals surface area contributed by atoms with Gasteiger partial charge in [-0.25, -0.2) is 0 Å². The molecular formula is C9H16O3. The van der Waals surface area contributed by atoms with Gasteiger partial charge in [0.2, 0.25) is 0 Å². The normalized spacial score (nSPS) is 41.2. The van der Waals surface area contributed by atoms with Crippen LogP contribution >= 0.6 is 0 Å². The lowest BCUT2D eigenvalue weighted by atomic mass is 10.3. The van der Waals surface area contributed by atoms with Gasteiger partial charge in [0.15, 0.2) is 0 Å². The number of epoxide rings is 3. The zero-order chi connectivity index (χ0) is 8.39. The molecule has 0 radical (unpaired) electrons. The summed E-state index contributed by atoms with van der Waals surface area (Å²) < 4.78 is 14.8. The van der Waals surface area contributed by atoms with Gasteiger partial charge >= 0.3 is 0 Å². The van der Waals surface area contributed by atoms with Gasteiger partial charge in [0.25, 0.3) is 0 Å². The Morgan fingerprint density at radius 3 is 1.50 bits per heavy atom. The average molecular weight is 172 g/mol. The molecule has 0 bridgehead atoms. The third-order valence-corrected chi connectivity index (χ3v) is 2.19. The van der Waals surface area contributed by atoms with Crippen LogP contribution in [0.3, 0.4) is 0 Å². The van der Waals surface area contributed by atoms with Crippen LogP contribution in [-0.4, -0.2) is 38.1 Å². The van der Waals surface area contributed by atoms with E-state index in [0.717, 1.165) is 26.2 Å². The lowest BCUT2D eigenvalue weighted by molar-refractivity contribution is 0.344. The van der Waals surface area contributed by atoms with Crippen molar-refractivity contribution in [2.45, 2.75) is 38.1 Å². The fourth-order valence-corrected chi connectivity index (χ4v) is 1.01. The summed E-state index contributed by atoms with van der Waals surface area (Å²) in [4.78, 5) is 0. The number of hydrogen-bond donors (Lipinski definition) is 0. The SMILES string of the molecule is C1OC1CC1CO1.CCC1CO1. The molecule has 0 aromatic heterocycles. The fraction of sp³-hybridized carbons (Fsp3) is 1.00. The summed E-state index contributed by atoms with van der Waals surface area (Å²) in [6, 6.07) is 0. The predicted octanol–water partition coefficient (Wildman–Crippen LogP) is 0.969. The number of rotatable bonds is 3. The van der Waals surface area contributed by atoms with E-state index in [9.17, 15) is 0 Å². The molecule has 3 nitrogen and oxygen atoms in total. The zero-order valence-electron chi connectivity index (χ0n) is 7.49. The Morgan fingerprint density at radius 2 is 1.33 bits per heavy atom. The van der Waals surface area contributed by atoms with Gasteiger partial charge in [-0.1, -0.05) is 6.92 Å². The van der Waals surface area contributed by atoms with Crippen molar-refractivity contribution in [3.05, 3.63) is 0 Å². The van der Waals surface area contributed by atoms with E-state index < -0.39 is 0 Å². The van der Waals surface area contributed by atoms with E-state index in [0.29, 0.717) is 18.3 Å². The van der Waals surface area contributed by atoms with Crippen molar-refractivity contribution in [1.82, 2.24) is 0 Å². The van der Waals surface area contributed by atoms with Crippen LogP contribution in [0.2, 0.25) is 0 Å². The number of ether oxygens (including phenoxy) is 3. The maximum atomic E-state index is 4.98. The Morgan fingerprint density at radius 1 is 0.917 bits per heavy atom. The molecule has 0 aromatic carbocycles. The number of hydrogen-bond acceptors (Lipinski definition) is 3. The third-order valence-electron chi connectivity index (χ3n) is 2.19. The van der Waals surface area contributed by atoms with E-state index in [1.165, 1.54) is 6.42 Å². The Balaban J connectivity index is 0.000000100. The summed E-state index contributed by atoms with van der Waals surface area (Å²) in [5, 5.41) is 0. The largest absolute Gasteiger partial charge is 0.373 e. The van der Waals surface area contributed by atoms with E-state index >= 15 is 0 Å². The van der Waals surface area contributed by atoms with Gasteiger partial charge < -0.3 is 14.2 Å². The summed E-state index contributed by atoms with van der Waals surface area (Å²) in [6.45, 7) is 5.09. The second kappa shape index (κ2) is 3.73. The van der Waals surface area contributed by atoms with Crippen molar-refractivity contribution in [1.29, 1.82) is 0 Å². The molecule has 0 amide bonds. The van der Waals surface area contributed by atoms with Gasteiger partial charge in [-0.15, -0.1) is 0 Å². The third kappa shape index (κ3) is 3.52. The lowest BCUT2D eigenvalue weighted by Gasteiger charge is -1.80. The molecule has 3 heterocycles. The second-order valence-electron chi connectivity index (χ2n) is 3.51. The summed E-state index contributed by atoms with van der Waals surface area (Å²) in [5.74, 6) is 0. The Kier molecular flexibility index (Phi) is 2.63. The maximum Gasteiger partial charge on any atom is 0.0835 e. The van der Waals surface area contributed by atoms with E-state index in [1.54, 1.807) is 0 Å². The molecule has 3 atom stereocenters. The monoisotopic (exact) mass is 172 g/mol. The molecule has 0 N–H and O–H groups in total. The Hall–Kier alpha value is -0.120. The van der Waals surface area contributed by atoms with E-state index in [1.807, 2.05) is 0 Å². The van der Waals surface area contributed by atoms with Crippen molar-refractivity contribution in [2.75, 3.05) is 19.8 Å². The molecular weight excluding hydrogens is 156 g/mol. The summed E-state index contributed by atoms with van der Waals surface area (Å²) in [5.41, 5.74) is 0. The van der Waals surface area contributed by atoms with E-state index in [4.69, 9.17) is 14.2 Å². The lowest BCUT2D eigenvalue weighted by Crippen LogP contribution is -1.90. The predicted molar refractivity (Wildman–Crippen MR) is 44.1 cm³/mol. The molecule has 12 heavy (non-hydrogen) atoms. The van der Waals surface area contributed by atoms with E-state index in [2.05, 4.69) is 6.92 Å². The topological polar surface area (TPSA) is 37.6 Å². The zero-order valence-corrected chi connectivity index (χ0v) is 7.49. The highest BCUT2D eigenvalue weighted by Crippen LogP contribution is 2.23. The Labute approximate surface area is 73.0 Å². The van der Waals surface area contributed by atoms with Gasteiger partial charge in [-0.3, -0.25) is 0 Å². The average Bonchev–Trinajstić information content (AvgIpc) is 2.95. The van der Waals surface area contributed by atoms with Crippen LogP contribution in [0.5, 0.6) is 0 Å².